The van der Waals surface area contributed by atoms with Gasteiger partial charge in [0.15, 0.2) is 17.4 Å². The van der Waals surface area contributed by atoms with Gasteiger partial charge in [0, 0.05) is 43.3 Å². The predicted octanol–water partition coefficient (Wildman–Crippen LogP) is 6.72. The molecule has 2 aliphatic heterocycles. The number of fused-ring (bicyclic) bond motifs is 1. The van der Waals surface area contributed by atoms with Crippen LogP contribution in [-0.2, 0) is 4.74 Å². The van der Waals surface area contributed by atoms with Gasteiger partial charge in [-0.05, 0) is 39.0 Å². The molecular weight excluding hydrogens is 616 g/mol. The predicted molar refractivity (Wildman–Crippen MR) is 171 cm³/mol. The maximum absolute atomic E-state index is 12.9. The van der Waals surface area contributed by atoms with Crippen LogP contribution in [0.1, 0.15) is 62.6 Å². The number of nitrogens with one attached hydrogen (secondary N) is 1. The van der Waals surface area contributed by atoms with Crippen LogP contribution >= 0.6 is 23.4 Å². The van der Waals surface area contributed by atoms with Crippen molar-refractivity contribution in [3.63, 3.8) is 0 Å². The van der Waals surface area contributed by atoms with Crippen LogP contribution in [0.4, 0.5) is 16.4 Å². The Morgan fingerprint density at radius 3 is 2.58 bits per heavy atom. The van der Waals surface area contributed by atoms with Gasteiger partial charge in [0.25, 0.3) is 0 Å². The average Bonchev–Trinajstić information content (AvgIpc) is 3.61. The summed E-state index contributed by atoms with van der Waals surface area (Å²) in [7, 11) is 0. The van der Waals surface area contributed by atoms with Crippen molar-refractivity contribution in [2.45, 2.75) is 67.7 Å². The number of hydrogen-bond donors (Lipinski definition) is 2. The molecular formula is C32H33ClN6O5S. The van der Waals surface area contributed by atoms with E-state index in [0.717, 1.165) is 11.3 Å². The number of carbonyl (C=O) groups excluding carboxylic acids is 2. The van der Waals surface area contributed by atoms with E-state index < -0.39 is 23.3 Å². The number of aromatic nitrogens is 3. The molecule has 1 spiro atoms. The van der Waals surface area contributed by atoms with Crippen LogP contribution in [-0.4, -0.2) is 51.1 Å². The molecule has 4 aromatic rings. The Balaban J connectivity index is 1.24. The molecule has 1 fully saturated rings. The zero-order chi connectivity index (χ0) is 31.9. The molecule has 4 heterocycles. The summed E-state index contributed by atoms with van der Waals surface area (Å²) < 4.78 is 17.5. The van der Waals surface area contributed by atoms with Crippen molar-refractivity contribution in [2.75, 3.05) is 23.7 Å². The van der Waals surface area contributed by atoms with Crippen molar-refractivity contribution in [1.82, 2.24) is 20.3 Å². The Hall–Kier alpha value is -4.29. The molecule has 1 saturated heterocycles. The summed E-state index contributed by atoms with van der Waals surface area (Å²) >= 11 is 7.91. The summed E-state index contributed by atoms with van der Waals surface area (Å²) in [5.74, 6) is 1.46. The second-order valence-corrected chi connectivity index (χ2v) is 13.4. The number of anilines is 2. The number of halogens is 1. The average molecular weight is 649 g/mol. The lowest BCUT2D eigenvalue weighted by Gasteiger charge is -2.42. The van der Waals surface area contributed by atoms with Gasteiger partial charge >= 0.3 is 6.09 Å². The van der Waals surface area contributed by atoms with Gasteiger partial charge in [0.2, 0.25) is 5.89 Å². The molecule has 2 aliphatic rings. The highest BCUT2D eigenvalue weighted by molar-refractivity contribution is 7.99. The number of nitrogens with zero attached hydrogens (tertiary/aromatic N) is 4. The van der Waals surface area contributed by atoms with Crippen molar-refractivity contribution >= 4 is 46.9 Å². The SMILES string of the molecule is CC(=O)c1nc(Sc2cccc(-c3ncco3)c2Cl)c(N)nc1N1CCC2(CC1)Oc1ccccc1[C@H]2NC(=O)OC(C)(C)C. The topological polar surface area (TPSA) is 146 Å². The fourth-order valence-corrected chi connectivity index (χ4v) is 6.83. The van der Waals surface area contributed by atoms with E-state index in [2.05, 4.69) is 20.3 Å². The summed E-state index contributed by atoms with van der Waals surface area (Å²) in [5.41, 5.74) is 6.83. The Morgan fingerprint density at radius 2 is 1.89 bits per heavy atom. The molecule has 1 amide bonds. The fourth-order valence-electron chi connectivity index (χ4n) is 5.67. The summed E-state index contributed by atoms with van der Waals surface area (Å²) in [5, 5.41) is 3.85. The number of ketones is 1. The van der Waals surface area contributed by atoms with Crippen LogP contribution in [0.25, 0.3) is 11.5 Å². The first-order chi connectivity index (χ1) is 21.4. The minimum Gasteiger partial charge on any atom is -0.484 e. The maximum atomic E-state index is 12.9. The molecule has 11 nitrogen and oxygen atoms in total. The Morgan fingerprint density at radius 1 is 1.13 bits per heavy atom. The van der Waals surface area contributed by atoms with Crippen LogP contribution in [0.3, 0.4) is 0 Å². The number of Topliss-reactive ketones (excluding diaryl/α,β-unsaturated/α-hetero) is 1. The van der Waals surface area contributed by atoms with Gasteiger partial charge in [-0.25, -0.2) is 19.7 Å². The highest BCUT2D eigenvalue weighted by Gasteiger charge is 2.51. The second kappa shape index (κ2) is 11.9. The first-order valence-corrected chi connectivity index (χ1v) is 15.7. The highest BCUT2D eigenvalue weighted by Crippen LogP contribution is 2.49. The standard InChI is InChI=1S/C32H33ClN6O5S/c1-18(40)24-27(38-26(34)29(36-24)45-22-11-7-9-20(23(22)33)28-35-14-17-42-28)39-15-12-32(13-16-39)25(37-30(41)44-31(2,3)4)19-8-5-6-10-21(19)43-32/h5-11,14,17,25H,12-13,15-16H2,1-4H3,(H2,34,38)(H,37,41)/t25-/m1/s1. The number of benzene rings is 2. The van der Waals surface area contributed by atoms with Gasteiger partial charge in [-0.3, -0.25) is 4.79 Å². The Labute approximate surface area is 269 Å². The quantitative estimate of drug-likeness (QED) is 0.215. The van der Waals surface area contributed by atoms with Gasteiger partial charge in [-0.2, -0.15) is 0 Å². The Bertz CT molecular complexity index is 1750. The van der Waals surface area contributed by atoms with E-state index in [1.807, 2.05) is 62.1 Å². The summed E-state index contributed by atoms with van der Waals surface area (Å²) in [6.45, 7) is 7.92. The van der Waals surface area contributed by atoms with Crippen molar-refractivity contribution < 1.29 is 23.5 Å². The summed E-state index contributed by atoms with van der Waals surface area (Å²) in [6, 6.07) is 12.8. The Kier molecular flexibility index (Phi) is 8.13. The maximum Gasteiger partial charge on any atom is 0.408 e. The first-order valence-electron chi connectivity index (χ1n) is 14.5. The molecule has 0 aliphatic carbocycles. The summed E-state index contributed by atoms with van der Waals surface area (Å²) in [4.78, 5) is 41.9. The number of carbonyl (C=O) groups is 2. The van der Waals surface area contributed by atoms with E-state index in [1.54, 1.807) is 12.3 Å². The molecule has 2 aromatic carbocycles. The number of oxazole rings is 1. The van der Waals surface area contributed by atoms with Gasteiger partial charge < -0.3 is 29.8 Å². The number of hydrogen-bond acceptors (Lipinski definition) is 11. The van der Waals surface area contributed by atoms with Crippen molar-refractivity contribution in [3.8, 4) is 17.2 Å². The lowest BCUT2D eigenvalue weighted by atomic mass is 9.82. The first kappa shape index (κ1) is 30.7. The van der Waals surface area contributed by atoms with E-state index in [4.69, 9.17) is 31.2 Å². The van der Waals surface area contributed by atoms with E-state index in [1.165, 1.54) is 24.9 Å². The van der Waals surface area contributed by atoms with Gasteiger partial charge in [-0.1, -0.05) is 47.6 Å². The molecule has 3 N–H and O–H groups in total. The van der Waals surface area contributed by atoms with Crippen LogP contribution in [0.5, 0.6) is 5.75 Å². The number of rotatable bonds is 6. The number of amides is 1. The van der Waals surface area contributed by atoms with Crippen molar-refractivity contribution in [1.29, 1.82) is 0 Å². The molecule has 0 radical (unpaired) electrons. The third-order valence-corrected chi connectivity index (χ3v) is 9.25. The monoisotopic (exact) mass is 648 g/mol. The zero-order valence-corrected chi connectivity index (χ0v) is 26.9. The number of ether oxygens (including phenoxy) is 2. The third kappa shape index (κ3) is 6.16. The molecule has 13 heteroatoms. The van der Waals surface area contributed by atoms with Gasteiger partial charge in [0.05, 0.1) is 16.8 Å². The number of nitrogen functional groups attached to an aromatic ring is 1. The van der Waals surface area contributed by atoms with Crippen molar-refractivity contribution in [2.24, 2.45) is 0 Å². The number of piperidine rings is 1. The van der Waals surface area contributed by atoms with Crippen LogP contribution in [0.15, 0.2) is 69.3 Å². The number of para-hydroxylation sites is 1. The van der Waals surface area contributed by atoms with E-state index in [-0.39, 0.29) is 17.3 Å². The molecule has 234 valence electrons. The molecule has 0 saturated carbocycles. The lowest BCUT2D eigenvalue weighted by molar-refractivity contribution is 0.0149. The fraction of sp³-hybridized carbons (Fsp3) is 0.344. The molecule has 2 aromatic heterocycles. The molecule has 0 bridgehead atoms. The zero-order valence-electron chi connectivity index (χ0n) is 25.3. The van der Waals surface area contributed by atoms with Crippen molar-refractivity contribution in [3.05, 3.63) is 71.2 Å². The molecule has 1 atom stereocenters. The molecule has 6 rings (SSSR count). The highest BCUT2D eigenvalue weighted by atomic mass is 35.5. The largest absolute Gasteiger partial charge is 0.484 e. The minimum absolute atomic E-state index is 0.173. The number of nitrogens with two attached hydrogens (primary N) is 1. The second-order valence-electron chi connectivity index (χ2n) is 12.0. The van der Waals surface area contributed by atoms with E-state index >= 15 is 0 Å². The molecule has 0 unspecified atom stereocenters. The molecule has 45 heavy (non-hydrogen) atoms. The van der Waals surface area contributed by atoms with Crippen LogP contribution < -0.4 is 20.7 Å². The lowest BCUT2D eigenvalue weighted by Crippen LogP contribution is -2.54. The normalized spacial score (nSPS) is 17.1. The van der Waals surface area contributed by atoms with E-state index in [9.17, 15) is 9.59 Å². The van der Waals surface area contributed by atoms with Gasteiger partial charge in [-0.15, -0.1) is 0 Å². The smallest absolute Gasteiger partial charge is 0.408 e. The van der Waals surface area contributed by atoms with Gasteiger partial charge in [0.1, 0.15) is 40.0 Å². The summed E-state index contributed by atoms with van der Waals surface area (Å²) in [6.07, 6.45) is 3.60. The third-order valence-electron chi connectivity index (χ3n) is 7.68. The number of alkyl carbamates (subject to hydrolysis) is 1. The minimum atomic E-state index is -0.702. The van der Waals surface area contributed by atoms with E-state index in [0.29, 0.717) is 58.1 Å². The van der Waals surface area contributed by atoms with Crippen LogP contribution in [0.2, 0.25) is 5.02 Å². The van der Waals surface area contributed by atoms with Crippen LogP contribution in [0, 0.1) is 0 Å².